The van der Waals surface area contributed by atoms with Crippen molar-refractivity contribution < 1.29 is 12.8 Å². The topological polar surface area (TPSA) is 90.0 Å². The fourth-order valence-corrected chi connectivity index (χ4v) is 2.96. The Balaban J connectivity index is 2.23. The summed E-state index contributed by atoms with van der Waals surface area (Å²) in [4.78, 5) is -0.265. The normalized spacial score (nSPS) is 11.8. The van der Waals surface area contributed by atoms with E-state index >= 15 is 0 Å². The number of rotatable bonds is 4. The predicted molar refractivity (Wildman–Crippen MR) is 72.8 cm³/mol. The Morgan fingerprint density at radius 2 is 2.15 bits per heavy atom. The summed E-state index contributed by atoms with van der Waals surface area (Å²) in [5.74, 6) is -0.655. The molecule has 0 saturated heterocycles. The van der Waals surface area contributed by atoms with Crippen molar-refractivity contribution in [2.45, 2.75) is 18.4 Å². The number of nitrogens with one attached hydrogen (secondary N) is 1. The van der Waals surface area contributed by atoms with Crippen LogP contribution in [0.2, 0.25) is 0 Å². The molecule has 1 aromatic heterocycles. The standard InChI is InChI=1S/C12H15FN4O2S/c1-8-9(7-17(2)16-8)6-15-20(18,19)12-5-10(13)3-4-11(12)14/h3-5,7,15H,6,14H2,1-2H3. The van der Waals surface area contributed by atoms with Gasteiger partial charge in [0.2, 0.25) is 10.0 Å². The Morgan fingerprint density at radius 3 is 2.75 bits per heavy atom. The molecular formula is C12H15FN4O2S. The number of halogens is 1. The van der Waals surface area contributed by atoms with Gasteiger partial charge in [0.15, 0.2) is 0 Å². The molecule has 0 atom stereocenters. The van der Waals surface area contributed by atoms with E-state index in [9.17, 15) is 12.8 Å². The van der Waals surface area contributed by atoms with Gasteiger partial charge in [-0.1, -0.05) is 0 Å². The first kappa shape index (κ1) is 14.5. The highest BCUT2D eigenvalue weighted by Crippen LogP contribution is 2.19. The first-order valence-electron chi connectivity index (χ1n) is 5.83. The Morgan fingerprint density at radius 1 is 1.45 bits per heavy atom. The molecule has 0 aliphatic carbocycles. The summed E-state index contributed by atoms with van der Waals surface area (Å²) in [6, 6.07) is 3.23. The molecule has 0 radical (unpaired) electrons. The predicted octanol–water partition coefficient (Wildman–Crippen LogP) is 0.928. The molecule has 0 unspecified atom stereocenters. The van der Waals surface area contributed by atoms with Gasteiger partial charge in [-0.15, -0.1) is 0 Å². The Kier molecular flexibility index (Phi) is 3.78. The second kappa shape index (κ2) is 5.22. The van der Waals surface area contributed by atoms with Gasteiger partial charge < -0.3 is 5.73 Å². The van der Waals surface area contributed by atoms with Gasteiger partial charge in [0.25, 0.3) is 0 Å². The van der Waals surface area contributed by atoms with E-state index in [0.717, 1.165) is 23.4 Å². The Bertz CT molecular complexity index is 740. The second-order valence-electron chi connectivity index (χ2n) is 4.42. The summed E-state index contributed by atoms with van der Waals surface area (Å²) in [7, 11) is -2.13. The van der Waals surface area contributed by atoms with Gasteiger partial charge in [-0.25, -0.2) is 17.5 Å². The van der Waals surface area contributed by atoms with E-state index < -0.39 is 15.8 Å². The molecule has 3 N–H and O–H groups in total. The number of aryl methyl sites for hydroxylation is 2. The van der Waals surface area contributed by atoms with E-state index in [4.69, 9.17) is 5.73 Å². The van der Waals surface area contributed by atoms with Crippen LogP contribution < -0.4 is 10.5 Å². The van der Waals surface area contributed by atoms with Gasteiger partial charge >= 0.3 is 0 Å². The lowest BCUT2D eigenvalue weighted by atomic mass is 10.3. The van der Waals surface area contributed by atoms with Crippen LogP contribution in [0, 0.1) is 12.7 Å². The van der Waals surface area contributed by atoms with Crippen molar-refractivity contribution in [3.05, 3.63) is 41.5 Å². The third-order valence-corrected chi connectivity index (χ3v) is 4.29. The zero-order valence-corrected chi connectivity index (χ0v) is 11.9. The van der Waals surface area contributed by atoms with Crippen LogP contribution in [0.1, 0.15) is 11.3 Å². The van der Waals surface area contributed by atoms with Crippen molar-refractivity contribution in [1.82, 2.24) is 14.5 Å². The number of hydrogen-bond acceptors (Lipinski definition) is 4. The number of nitrogen functional groups attached to an aromatic ring is 1. The molecule has 1 aromatic carbocycles. The minimum Gasteiger partial charge on any atom is -0.398 e. The van der Waals surface area contributed by atoms with Gasteiger partial charge in [-0.2, -0.15) is 5.10 Å². The smallest absolute Gasteiger partial charge is 0.243 e. The number of anilines is 1. The molecule has 1 heterocycles. The van der Waals surface area contributed by atoms with Crippen LogP contribution in [0.4, 0.5) is 10.1 Å². The summed E-state index contributed by atoms with van der Waals surface area (Å²) in [5, 5.41) is 4.11. The number of nitrogens with two attached hydrogens (primary N) is 1. The summed E-state index contributed by atoms with van der Waals surface area (Å²) >= 11 is 0. The van der Waals surface area contributed by atoms with Crippen molar-refractivity contribution in [3.63, 3.8) is 0 Å². The van der Waals surface area contributed by atoms with Crippen LogP contribution >= 0.6 is 0 Å². The molecule has 0 aliphatic rings. The maximum absolute atomic E-state index is 13.1. The molecule has 6 nitrogen and oxygen atoms in total. The third kappa shape index (κ3) is 2.97. The van der Waals surface area contributed by atoms with E-state index in [2.05, 4.69) is 9.82 Å². The molecule has 0 fully saturated rings. The van der Waals surface area contributed by atoms with Crippen molar-refractivity contribution in [3.8, 4) is 0 Å². The highest BCUT2D eigenvalue weighted by molar-refractivity contribution is 7.89. The maximum atomic E-state index is 13.1. The fraction of sp³-hybridized carbons (Fsp3) is 0.250. The van der Waals surface area contributed by atoms with Gasteiger partial charge in [0.1, 0.15) is 10.7 Å². The molecule has 0 spiro atoms. The number of sulfonamides is 1. The largest absolute Gasteiger partial charge is 0.398 e. The summed E-state index contributed by atoms with van der Waals surface area (Å²) in [6.45, 7) is 1.85. The lowest BCUT2D eigenvalue weighted by Gasteiger charge is -2.08. The van der Waals surface area contributed by atoms with Crippen LogP contribution in [0.3, 0.4) is 0 Å². The minimum atomic E-state index is -3.87. The summed E-state index contributed by atoms with van der Waals surface area (Å²) in [5.41, 5.74) is 7.04. The van der Waals surface area contributed by atoms with E-state index in [1.54, 1.807) is 24.9 Å². The highest BCUT2D eigenvalue weighted by Gasteiger charge is 2.18. The van der Waals surface area contributed by atoms with E-state index in [0.29, 0.717) is 0 Å². The zero-order chi connectivity index (χ0) is 14.9. The summed E-state index contributed by atoms with van der Waals surface area (Å²) < 4.78 is 41.3. The fourth-order valence-electron chi connectivity index (χ4n) is 1.81. The molecule has 0 aliphatic heterocycles. The van der Waals surface area contributed by atoms with Crippen LogP contribution in [-0.4, -0.2) is 18.2 Å². The summed E-state index contributed by atoms with van der Waals surface area (Å²) in [6.07, 6.45) is 1.72. The van der Waals surface area contributed by atoms with Crippen LogP contribution in [0.15, 0.2) is 29.3 Å². The quantitative estimate of drug-likeness (QED) is 0.822. The minimum absolute atomic E-state index is 0.00167. The number of hydrogen-bond donors (Lipinski definition) is 2. The highest BCUT2D eigenvalue weighted by atomic mass is 32.2. The Labute approximate surface area is 116 Å². The first-order valence-corrected chi connectivity index (χ1v) is 7.32. The molecule has 2 aromatic rings. The van der Waals surface area contributed by atoms with E-state index in [-0.39, 0.29) is 17.1 Å². The van der Waals surface area contributed by atoms with Gasteiger partial charge in [0.05, 0.1) is 11.4 Å². The Hall–Kier alpha value is -1.93. The molecule has 0 saturated carbocycles. The SMILES string of the molecule is Cc1nn(C)cc1CNS(=O)(=O)c1cc(F)ccc1N. The molecule has 20 heavy (non-hydrogen) atoms. The van der Waals surface area contributed by atoms with Crippen molar-refractivity contribution in [2.24, 2.45) is 7.05 Å². The maximum Gasteiger partial charge on any atom is 0.243 e. The average Bonchev–Trinajstić information content (AvgIpc) is 2.68. The molecular weight excluding hydrogens is 283 g/mol. The molecule has 108 valence electrons. The van der Waals surface area contributed by atoms with Crippen LogP contribution in [0.5, 0.6) is 0 Å². The van der Waals surface area contributed by atoms with Crippen LogP contribution in [-0.2, 0) is 23.6 Å². The number of aromatic nitrogens is 2. The molecule has 0 amide bonds. The molecule has 0 bridgehead atoms. The molecule has 2 rings (SSSR count). The lowest BCUT2D eigenvalue weighted by Crippen LogP contribution is -2.24. The molecule has 8 heteroatoms. The zero-order valence-electron chi connectivity index (χ0n) is 11.1. The van der Waals surface area contributed by atoms with Crippen LogP contribution in [0.25, 0.3) is 0 Å². The van der Waals surface area contributed by atoms with E-state index in [1.165, 1.54) is 6.07 Å². The van der Waals surface area contributed by atoms with Crippen molar-refractivity contribution in [2.75, 3.05) is 5.73 Å². The van der Waals surface area contributed by atoms with Crippen molar-refractivity contribution in [1.29, 1.82) is 0 Å². The first-order chi connectivity index (χ1) is 9.29. The van der Waals surface area contributed by atoms with Crippen molar-refractivity contribution >= 4 is 15.7 Å². The van der Waals surface area contributed by atoms with E-state index in [1.807, 2.05) is 0 Å². The monoisotopic (exact) mass is 298 g/mol. The lowest BCUT2D eigenvalue weighted by molar-refractivity contribution is 0.578. The third-order valence-electron chi connectivity index (χ3n) is 2.83. The number of nitrogens with zero attached hydrogens (tertiary/aromatic N) is 2. The number of benzene rings is 1. The van der Waals surface area contributed by atoms with Gasteiger partial charge in [0, 0.05) is 25.4 Å². The van der Waals surface area contributed by atoms with Gasteiger partial charge in [-0.05, 0) is 25.1 Å². The van der Waals surface area contributed by atoms with Gasteiger partial charge in [-0.3, -0.25) is 4.68 Å². The average molecular weight is 298 g/mol. The second-order valence-corrected chi connectivity index (χ2v) is 6.16.